The van der Waals surface area contributed by atoms with Gasteiger partial charge in [-0.2, -0.15) is 0 Å². The Hall–Kier alpha value is -6.49. The van der Waals surface area contributed by atoms with Gasteiger partial charge in [-0.05, 0) is 105 Å². The van der Waals surface area contributed by atoms with Crippen molar-refractivity contribution in [2.45, 2.75) is 58.3 Å². The highest BCUT2D eigenvalue weighted by molar-refractivity contribution is 5.92. The highest BCUT2D eigenvalue weighted by atomic mass is 16.5. The molecule has 0 radical (unpaired) electrons. The van der Waals surface area contributed by atoms with E-state index in [1.165, 1.54) is 6.07 Å². The van der Waals surface area contributed by atoms with Gasteiger partial charge in [-0.1, -0.05) is 49.4 Å². The molecule has 0 spiro atoms. The molecule has 284 valence electrons. The molecule has 1 N–H and O–H groups in total. The molecule has 0 amide bonds. The van der Waals surface area contributed by atoms with E-state index >= 15 is 0 Å². The number of phenolic OH excluding ortho intramolecular Hbond substituents is 1. The average Bonchev–Trinajstić information content (AvgIpc) is 3.19. The fourth-order valence-corrected chi connectivity index (χ4v) is 5.34. The van der Waals surface area contributed by atoms with Crippen molar-refractivity contribution in [3.05, 3.63) is 132 Å². The standard InChI is InChI=1S/C44H43NO10/c1-31-11-13-32(14-12-31)43(49)54-35-19-21-36(22-20-35)55-44(50)33-15-17-34(18-16-33)51-28-8-4-2-3-5-9-29-52-41(47)25-26-42(48)53-37-23-24-38(40(46)30-37)39-10-6-7-27-45-39/h6-7,10-24,27,30,46H,2-5,8-9,25-26,28-29H2,1H3. The molecule has 11 heteroatoms. The van der Waals surface area contributed by atoms with Crippen molar-refractivity contribution < 1.29 is 48.0 Å². The van der Waals surface area contributed by atoms with Gasteiger partial charge in [-0.3, -0.25) is 14.6 Å². The quantitative estimate of drug-likeness (QED) is 0.0491. The van der Waals surface area contributed by atoms with Crippen LogP contribution in [0.5, 0.6) is 28.7 Å². The van der Waals surface area contributed by atoms with Crippen LogP contribution in [0.25, 0.3) is 11.3 Å². The number of nitrogens with zero attached hydrogens (tertiary/aromatic N) is 1. The van der Waals surface area contributed by atoms with E-state index < -0.39 is 23.9 Å². The molecule has 5 aromatic rings. The molecule has 1 aromatic heterocycles. The first-order chi connectivity index (χ1) is 26.7. The summed E-state index contributed by atoms with van der Waals surface area (Å²) in [6, 6.07) is 29.9. The number of hydrogen-bond acceptors (Lipinski definition) is 11. The van der Waals surface area contributed by atoms with Crippen molar-refractivity contribution >= 4 is 23.9 Å². The van der Waals surface area contributed by atoms with Gasteiger partial charge in [0.25, 0.3) is 0 Å². The highest BCUT2D eigenvalue weighted by Crippen LogP contribution is 2.31. The Morgan fingerprint density at radius 1 is 0.564 bits per heavy atom. The number of carbonyl (C=O) groups is 4. The number of phenols is 1. The van der Waals surface area contributed by atoms with Gasteiger partial charge in [0.15, 0.2) is 0 Å². The predicted molar refractivity (Wildman–Crippen MR) is 204 cm³/mol. The van der Waals surface area contributed by atoms with Gasteiger partial charge in [0, 0.05) is 17.8 Å². The maximum absolute atomic E-state index is 12.6. The summed E-state index contributed by atoms with van der Waals surface area (Å²) in [6.45, 7) is 2.78. The topological polar surface area (TPSA) is 148 Å². The molecule has 0 aliphatic rings. The van der Waals surface area contributed by atoms with Crippen LogP contribution in [0, 0.1) is 6.92 Å². The first-order valence-electron chi connectivity index (χ1n) is 18.2. The molecule has 0 aliphatic heterocycles. The van der Waals surface area contributed by atoms with Gasteiger partial charge >= 0.3 is 23.9 Å². The molecule has 0 saturated heterocycles. The maximum Gasteiger partial charge on any atom is 0.343 e. The second-order valence-corrected chi connectivity index (χ2v) is 12.7. The number of rotatable bonds is 19. The van der Waals surface area contributed by atoms with Crippen LogP contribution in [0.2, 0.25) is 0 Å². The molecular formula is C44H43NO10. The zero-order valence-corrected chi connectivity index (χ0v) is 30.6. The number of ether oxygens (including phenoxy) is 5. The van der Waals surface area contributed by atoms with E-state index in [2.05, 4.69) is 4.98 Å². The van der Waals surface area contributed by atoms with Crippen molar-refractivity contribution in [2.24, 2.45) is 0 Å². The molecular weight excluding hydrogens is 702 g/mol. The Balaban J connectivity index is 0.868. The molecule has 0 saturated carbocycles. The van der Waals surface area contributed by atoms with Crippen LogP contribution in [0.4, 0.5) is 0 Å². The Morgan fingerprint density at radius 2 is 1.11 bits per heavy atom. The molecule has 4 aromatic carbocycles. The van der Waals surface area contributed by atoms with Crippen molar-refractivity contribution in [3.63, 3.8) is 0 Å². The lowest BCUT2D eigenvalue weighted by Crippen LogP contribution is -2.12. The Bertz CT molecular complexity index is 2010. The van der Waals surface area contributed by atoms with Gasteiger partial charge in [0.2, 0.25) is 0 Å². The van der Waals surface area contributed by atoms with Crippen LogP contribution in [0.1, 0.15) is 77.6 Å². The lowest BCUT2D eigenvalue weighted by Gasteiger charge is -2.09. The summed E-state index contributed by atoms with van der Waals surface area (Å²) in [4.78, 5) is 53.4. The predicted octanol–water partition coefficient (Wildman–Crippen LogP) is 8.85. The second kappa shape index (κ2) is 20.7. The van der Waals surface area contributed by atoms with Gasteiger partial charge in [0.05, 0.1) is 42.9 Å². The van der Waals surface area contributed by atoms with Crippen LogP contribution < -0.4 is 18.9 Å². The van der Waals surface area contributed by atoms with E-state index in [-0.39, 0.29) is 24.3 Å². The highest BCUT2D eigenvalue weighted by Gasteiger charge is 2.14. The van der Waals surface area contributed by atoms with E-state index in [0.717, 1.165) is 44.1 Å². The summed E-state index contributed by atoms with van der Waals surface area (Å²) in [7, 11) is 0. The van der Waals surface area contributed by atoms with Gasteiger partial charge in [-0.15, -0.1) is 0 Å². The zero-order chi connectivity index (χ0) is 38.8. The fraction of sp³-hybridized carbons (Fsp3) is 0.250. The van der Waals surface area contributed by atoms with E-state index in [4.69, 9.17) is 23.7 Å². The lowest BCUT2D eigenvalue weighted by atomic mass is 10.1. The largest absolute Gasteiger partial charge is 0.507 e. The van der Waals surface area contributed by atoms with Crippen molar-refractivity contribution in [2.75, 3.05) is 13.2 Å². The minimum absolute atomic E-state index is 0.0656. The maximum atomic E-state index is 12.6. The van der Waals surface area contributed by atoms with Gasteiger partial charge in [-0.25, -0.2) is 9.59 Å². The van der Waals surface area contributed by atoms with Crippen molar-refractivity contribution in [1.29, 1.82) is 0 Å². The lowest BCUT2D eigenvalue weighted by molar-refractivity contribution is -0.147. The molecule has 0 aliphatic carbocycles. The number of esters is 4. The fourth-order valence-electron chi connectivity index (χ4n) is 5.34. The third-order valence-corrected chi connectivity index (χ3v) is 8.37. The number of aromatic hydroxyl groups is 1. The summed E-state index contributed by atoms with van der Waals surface area (Å²) in [5, 5.41) is 10.3. The number of unbranched alkanes of at least 4 members (excludes halogenated alkanes) is 5. The normalized spacial score (nSPS) is 10.6. The zero-order valence-electron chi connectivity index (χ0n) is 30.6. The Kier molecular flexibility index (Phi) is 14.9. The van der Waals surface area contributed by atoms with Crippen LogP contribution in [-0.4, -0.2) is 47.2 Å². The number of aromatic nitrogens is 1. The van der Waals surface area contributed by atoms with Crippen LogP contribution in [0.15, 0.2) is 115 Å². The molecule has 0 fully saturated rings. The third kappa shape index (κ3) is 13.1. The molecule has 1 heterocycles. The minimum atomic E-state index is -0.594. The number of benzene rings is 4. The van der Waals surface area contributed by atoms with Crippen LogP contribution >= 0.6 is 0 Å². The van der Waals surface area contributed by atoms with E-state index in [1.54, 1.807) is 91.1 Å². The second-order valence-electron chi connectivity index (χ2n) is 12.7. The third-order valence-electron chi connectivity index (χ3n) is 8.37. The van der Waals surface area contributed by atoms with Gasteiger partial charge in [0.1, 0.15) is 28.7 Å². The molecule has 0 unspecified atom stereocenters. The summed E-state index contributed by atoms with van der Waals surface area (Å²) in [6.07, 6.45) is 6.92. The SMILES string of the molecule is Cc1ccc(C(=O)Oc2ccc(OC(=O)c3ccc(OCCCCCCCCOC(=O)CCC(=O)Oc4ccc(-c5ccccn5)c(O)c4)cc3)cc2)cc1. The molecule has 55 heavy (non-hydrogen) atoms. The van der Waals surface area contributed by atoms with E-state index in [1.807, 2.05) is 25.1 Å². The number of hydrogen-bond donors (Lipinski definition) is 1. The van der Waals surface area contributed by atoms with Gasteiger partial charge < -0.3 is 28.8 Å². The number of aryl methyl sites for hydroxylation is 1. The monoisotopic (exact) mass is 745 g/mol. The Morgan fingerprint density at radius 3 is 1.71 bits per heavy atom. The minimum Gasteiger partial charge on any atom is -0.507 e. The van der Waals surface area contributed by atoms with Crippen LogP contribution in [-0.2, 0) is 14.3 Å². The molecule has 5 rings (SSSR count). The molecule has 0 atom stereocenters. The number of carbonyl (C=O) groups excluding carboxylic acids is 4. The molecule has 0 bridgehead atoms. The average molecular weight is 746 g/mol. The molecule has 11 nitrogen and oxygen atoms in total. The van der Waals surface area contributed by atoms with E-state index in [9.17, 15) is 24.3 Å². The summed E-state index contributed by atoms with van der Waals surface area (Å²) < 4.78 is 27.2. The first-order valence-corrected chi connectivity index (χ1v) is 18.2. The van der Waals surface area contributed by atoms with E-state index in [0.29, 0.717) is 52.8 Å². The van der Waals surface area contributed by atoms with Crippen molar-refractivity contribution in [1.82, 2.24) is 4.98 Å². The smallest absolute Gasteiger partial charge is 0.343 e. The Labute approximate surface area is 319 Å². The summed E-state index contributed by atoms with van der Waals surface area (Å²) in [5.41, 5.74) is 2.97. The van der Waals surface area contributed by atoms with Crippen molar-refractivity contribution in [3.8, 4) is 40.0 Å². The first kappa shape index (κ1) is 39.7. The number of pyridine rings is 1. The summed E-state index contributed by atoms with van der Waals surface area (Å²) in [5.74, 6) is -0.620. The summed E-state index contributed by atoms with van der Waals surface area (Å²) >= 11 is 0. The van der Waals surface area contributed by atoms with Crippen LogP contribution in [0.3, 0.4) is 0 Å².